The maximum Gasteiger partial charge on any atom is 0.323 e. The minimum absolute atomic E-state index is 0.0849. The number of nitrogens with zero attached hydrogens (tertiary/aromatic N) is 2. The Labute approximate surface area is 87.6 Å². The monoisotopic (exact) mass is 217 g/mol. The van der Waals surface area contributed by atoms with E-state index in [2.05, 4.69) is 5.32 Å². The van der Waals surface area contributed by atoms with Gasteiger partial charge in [0.2, 0.25) is 5.91 Å². The highest BCUT2D eigenvalue weighted by molar-refractivity contribution is 5.85. The van der Waals surface area contributed by atoms with Crippen molar-refractivity contribution in [1.82, 2.24) is 15.1 Å². The van der Waals surface area contributed by atoms with E-state index in [0.29, 0.717) is 0 Å². The number of rotatable bonds is 4. The number of amides is 3. The predicted octanol–water partition coefficient (Wildman–Crippen LogP) is -1.20. The summed E-state index contributed by atoms with van der Waals surface area (Å²) in [5, 5.41) is 10.4. The van der Waals surface area contributed by atoms with Crippen molar-refractivity contribution >= 4 is 17.9 Å². The zero-order chi connectivity index (χ0) is 12.0. The molecular weight excluding hydrogens is 202 g/mol. The van der Waals surface area contributed by atoms with Crippen LogP contribution in [0.3, 0.4) is 0 Å². The molecule has 0 unspecified atom stereocenters. The molecule has 3 amide bonds. The molecule has 0 aromatic carbocycles. The van der Waals surface area contributed by atoms with E-state index in [4.69, 9.17) is 5.11 Å². The minimum atomic E-state index is -1.13. The topological polar surface area (TPSA) is 90.0 Å². The fourth-order valence-electron chi connectivity index (χ4n) is 0.702. The third kappa shape index (κ3) is 5.50. The fraction of sp³-hybridized carbons (Fsp3) is 0.625. The molecule has 0 aromatic heterocycles. The van der Waals surface area contributed by atoms with Gasteiger partial charge in [0.05, 0.1) is 0 Å². The molecule has 0 saturated carbocycles. The van der Waals surface area contributed by atoms with Crippen LogP contribution in [0.2, 0.25) is 0 Å². The molecule has 0 aromatic rings. The largest absolute Gasteiger partial charge is 0.480 e. The van der Waals surface area contributed by atoms with Gasteiger partial charge in [-0.1, -0.05) is 0 Å². The maximum absolute atomic E-state index is 11.2. The van der Waals surface area contributed by atoms with E-state index in [1.807, 2.05) is 0 Å². The number of nitrogens with one attached hydrogen (secondary N) is 1. The molecule has 0 aliphatic heterocycles. The molecule has 0 spiro atoms. The fourth-order valence-corrected chi connectivity index (χ4v) is 0.702. The van der Waals surface area contributed by atoms with Gasteiger partial charge < -0.3 is 20.2 Å². The average Bonchev–Trinajstić information content (AvgIpc) is 2.13. The van der Waals surface area contributed by atoms with Gasteiger partial charge in [-0.15, -0.1) is 0 Å². The molecule has 0 bridgehead atoms. The van der Waals surface area contributed by atoms with Crippen molar-refractivity contribution in [3.8, 4) is 0 Å². The van der Waals surface area contributed by atoms with Gasteiger partial charge in [-0.05, 0) is 0 Å². The number of hydrogen-bond acceptors (Lipinski definition) is 3. The lowest BCUT2D eigenvalue weighted by Gasteiger charge is -2.19. The second-order valence-electron chi connectivity index (χ2n) is 3.20. The molecule has 0 heterocycles. The number of carboxylic acid groups (broad SMARTS) is 1. The Balaban J connectivity index is 3.99. The highest BCUT2D eigenvalue weighted by Crippen LogP contribution is 1.87. The van der Waals surface area contributed by atoms with Crippen molar-refractivity contribution in [2.75, 3.05) is 34.2 Å². The molecule has 0 atom stereocenters. The highest BCUT2D eigenvalue weighted by atomic mass is 16.4. The quantitative estimate of drug-likeness (QED) is 0.619. The van der Waals surface area contributed by atoms with Gasteiger partial charge in [0.15, 0.2) is 0 Å². The van der Waals surface area contributed by atoms with Crippen LogP contribution < -0.4 is 5.32 Å². The van der Waals surface area contributed by atoms with Gasteiger partial charge in [-0.3, -0.25) is 9.59 Å². The first-order valence-corrected chi connectivity index (χ1v) is 4.25. The Bertz CT molecular complexity index is 265. The van der Waals surface area contributed by atoms with Crippen molar-refractivity contribution in [2.45, 2.75) is 0 Å². The van der Waals surface area contributed by atoms with Crippen LogP contribution in [0.15, 0.2) is 0 Å². The Morgan fingerprint density at radius 1 is 1.20 bits per heavy atom. The van der Waals surface area contributed by atoms with Gasteiger partial charge in [0.25, 0.3) is 0 Å². The second kappa shape index (κ2) is 5.84. The summed E-state index contributed by atoms with van der Waals surface area (Å²) in [6.45, 7) is -0.544. The normalized spacial score (nSPS) is 9.27. The standard InChI is InChI=1S/C8H15N3O4/c1-10(2)6(12)5-11(3)8(15)9-4-7(13)14/h4-5H2,1-3H3,(H,9,15)(H,13,14). The van der Waals surface area contributed by atoms with E-state index in [1.165, 1.54) is 11.9 Å². The third-order valence-electron chi connectivity index (χ3n) is 1.61. The Morgan fingerprint density at radius 3 is 2.13 bits per heavy atom. The Morgan fingerprint density at radius 2 is 1.73 bits per heavy atom. The lowest BCUT2D eigenvalue weighted by molar-refractivity contribution is -0.135. The van der Waals surface area contributed by atoms with E-state index in [1.54, 1.807) is 14.1 Å². The van der Waals surface area contributed by atoms with Crippen molar-refractivity contribution in [2.24, 2.45) is 0 Å². The third-order valence-corrected chi connectivity index (χ3v) is 1.61. The summed E-state index contributed by atoms with van der Waals surface area (Å²) >= 11 is 0. The second-order valence-corrected chi connectivity index (χ2v) is 3.20. The number of carbonyl (C=O) groups is 3. The zero-order valence-corrected chi connectivity index (χ0v) is 8.98. The van der Waals surface area contributed by atoms with Gasteiger partial charge in [-0.2, -0.15) is 0 Å². The number of carboxylic acids is 1. The summed E-state index contributed by atoms with van der Waals surface area (Å²) in [5.41, 5.74) is 0. The molecular formula is C8H15N3O4. The first kappa shape index (κ1) is 13.2. The predicted molar refractivity (Wildman–Crippen MR) is 52.4 cm³/mol. The first-order chi connectivity index (χ1) is 6.84. The molecule has 7 nitrogen and oxygen atoms in total. The van der Waals surface area contributed by atoms with E-state index in [-0.39, 0.29) is 12.5 Å². The van der Waals surface area contributed by atoms with Crippen molar-refractivity contribution < 1.29 is 19.5 Å². The lowest BCUT2D eigenvalue weighted by Crippen LogP contribution is -2.44. The molecule has 0 aliphatic carbocycles. The molecule has 0 fully saturated rings. The lowest BCUT2D eigenvalue weighted by atomic mass is 10.5. The molecule has 0 saturated heterocycles. The summed E-state index contributed by atoms with van der Waals surface area (Å²) in [6.07, 6.45) is 0. The summed E-state index contributed by atoms with van der Waals surface area (Å²) in [5.74, 6) is -1.36. The van der Waals surface area contributed by atoms with Crippen LogP contribution in [0.1, 0.15) is 0 Å². The van der Waals surface area contributed by atoms with Crippen molar-refractivity contribution in [3.63, 3.8) is 0 Å². The van der Waals surface area contributed by atoms with Gasteiger partial charge in [0, 0.05) is 21.1 Å². The summed E-state index contributed by atoms with van der Waals surface area (Å²) in [7, 11) is 4.56. The number of carbonyl (C=O) groups excluding carboxylic acids is 2. The van der Waals surface area contributed by atoms with Crippen molar-refractivity contribution in [3.05, 3.63) is 0 Å². The van der Waals surface area contributed by atoms with E-state index < -0.39 is 18.5 Å². The summed E-state index contributed by atoms with van der Waals surface area (Å²) in [6, 6.07) is -0.590. The average molecular weight is 217 g/mol. The van der Waals surface area contributed by atoms with E-state index >= 15 is 0 Å². The molecule has 2 N–H and O–H groups in total. The Hall–Kier alpha value is -1.79. The number of aliphatic carboxylic acids is 1. The molecule has 0 rings (SSSR count). The minimum Gasteiger partial charge on any atom is -0.480 e. The van der Waals surface area contributed by atoms with Gasteiger partial charge >= 0.3 is 12.0 Å². The SMILES string of the molecule is CN(C)C(=O)CN(C)C(=O)NCC(=O)O. The van der Waals surface area contributed by atoms with Crippen LogP contribution in [0.25, 0.3) is 0 Å². The van der Waals surface area contributed by atoms with Gasteiger partial charge in [0.1, 0.15) is 13.1 Å². The van der Waals surface area contributed by atoms with Crippen LogP contribution in [-0.4, -0.2) is 67.0 Å². The molecule has 7 heteroatoms. The zero-order valence-electron chi connectivity index (χ0n) is 8.98. The van der Waals surface area contributed by atoms with Crippen LogP contribution in [0, 0.1) is 0 Å². The Kier molecular flexibility index (Phi) is 5.14. The number of urea groups is 1. The summed E-state index contributed by atoms with van der Waals surface area (Å²) in [4.78, 5) is 35.0. The maximum atomic E-state index is 11.2. The van der Waals surface area contributed by atoms with E-state index in [9.17, 15) is 14.4 Å². The number of hydrogen-bond donors (Lipinski definition) is 2. The summed E-state index contributed by atoms with van der Waals surface area (Å²) < 4.78 is 0. The van der Waals surface area contributed by atoms with Crippen LogP contribution in [-0.2, 0) is 9.59 Å². The van der Waals surface area contributed by atoms with Crippen LogP contribution >= 0.6 is 0 Å². The highest BCUT2D eigenvalue weighted by Gasteiger charge is 2.14. The van der Waals surface area contributed by atoms with Crippen molar-refractivity contribution in [1.29, 1.82) is 0 Å². The molecule has 0 aliphatic rings. The van der Waals surface area contributed by atoms with E-state index in [0.717, 1.165) is 4.90 Å². The molecule has 0 radical (unpaired) electrons. The van der Waals surface area contributed by atoms with Crippen LogP contribution in [0.5, 0.6) is 0 Å². The smallest absolute Gasteiger partial charge is 0.323 e. The van der Waals surface area contributed by atoms with Crippen LogP contribution in [0.4, 0.5) is 4.79 Å². The number of likely N-dealkylation sites (N-methyl/N-ethyl adjacent to an activating group) is 2. The van der Waals surface area contributed by atoms with Gasteiger partial charge in [-0.25, -0.2) is 4.79 Å². The first-order valence-electron chi connectivity index (χ1n) is 4.25. The molecule has 86 valence electrons. The molecule has 15 heavy (non-hydrogen) atoms.